The van der Waals surface area contributed by atoms with Crippen molar-refractivity contribution >= 4 is 16.8 Å². The molecule has 0 bridgehead atoms. The molecule has 1 spiro atoms. The third-order valence-electron chi connectivity index (χ3n) is 5.08. The van der Waals surface area contributed by atoms with E-state index in [9.17, 15) is 4.79 Å². The van der Waals surface area contributed by atoms with E-state index in [0.717, 1.165) is 38.0 Å². The minimum atomic E-state index is -0.212. The molecule has 1 amide bonds. The number of carbonyl (C=O) groups is 1. The Morgan fingerprint density at radius 1 is 1.15 bits per heavy atom. The average molecular weight is 269 g/mol. The number of aromatic nitrogens is 1. The number of benzene rings is 1. The van der Waals surface area contributed by atoms with Gasteiger partial charge in [0.1, 0.15) is 0 Å². The van der Waals surface area contributed by atoms with E-state index in [4.69, 9.17) is 0 Å². The van der Waals surface area contributed by atoms with Crippen molar-refractivity contribution in [2.75, 3.05) is 19.6 Å². The number of nitrogens with one attached hydrogen (secondary N) is 3. The highest BCUT2D eigenvalue weighted by atomic mass is 16.2. The molecule has 0 saturated carbocycles. The molecule has 3 N–H and O–H groups in total. The minimum Gasteiger partial charge on any atom is -0.361 e. The number of hydrogen-bond donors (Lipinski definition) is 3. The maximum atomic E-state index is 12.4. The van der Waals surface area contributed by atoms with E-state index in [1.807, 2.05) is 6.07 Å². The van der Waals surface area contributed by atoms with Gasteiger partial charge in [-0.3, -0.25) is 4.79 Å². The molecule has 2 aliphatic heterocycles. The highest BCUT2D eigenvalue weighted by Gasteiger charge is 2.51. The highest BCUT2D eigenvalue weighted by Crippen LogP contribution is 2.48. The molecule has 2 saturated heterocycles. The Morgan fingerprint density at radius 3 is 2.80 bits per heavy atom. The summed E-state index contributed by atoms with van der Waals surface area (Å²) in [5, 5.41) is 7.73. The number of hydrogen-bond acceptors (Lipinski definition) is 2. The first-order valence-electron chi connectivity index (χ1n) is 7.36. The monoisotopic (exact) mass is 269 g/mol. The number of carbonyl (C=O) groups excluding carboxylic acids is 1. The SMILES string of the molecule is O=C1NCC(c2c[nH]c3ccccc23)C12CCNCC2. The topological polar surface area (TPSA) is 56.9 Å². The lowest BCUT2D eigenvalue weighted by Gasteiger charge is -2.36. The molecule has 2 aliphatic rings. The summed E-state index contributed by atoms with van der Waals surface area (Å²) >= 11 is 0. The van der Waals surface area contributed by atoms with Crippen LogP contribution >= 0.6 is 0 Å². The van der Waals surface area contributed by atoms with Crippen molar-refractivity contribution in [1.82, 2.24) is 15.6 Å². The Hall–Kier alpha value is -1.81. The van der Waals surface area contributed by atoms with Crippen LogP contribution in [0.3, 0.4) is 0 Å². The maximum Gasteiger partial charge on any atom is 0.227 e. The van der Waals surface area contributed by atoms with Crippen LogP contribution in [-0.4, -0.2) is 30.5 Å². The molecular formula is C16H19N3O. The second-order valence-corrected chi connectivity index (χ2v) is 5.96. The van der Waals surface area contributed by atoms with Crippen LogP contribution in [0.5, 0.6) is 0 Å². The van der Waals surface area contributed by atoms with Crippen LogP contribution in [0.4, 0.5) is 0 Å². The number of piperidine rings is 1. The van der Waals surface area contributed by atoms with Gasteiger partial charge in [0.15, 0.2) is 0 Å². The molecule has 3 heterocycles. The van der Waals surface area contributed by atoms with Gasteiger partial charge in [0.25, 0.3) is 0 Å². The number of rotatable bonds is 1. The van der Waals surface area contributed by atoms with Crippen molar-refractivity contribution in [3.8, 4) is 0 Å². The fourth-order valence-corrected chi connectivity index (χ4v) is 3.96. The quantitative estimate of drug-likeness (QED) is 0.739. The summed E-state index contributed by atoms with van der Waals surface area (Å²) in [6, 6.07) is 8.36. The summed E-state index contributed by atoms with van der Waals surface area (Å²) in [7, 11) is 0. The summed E-state index contributed by atoms with van der Waals surface area (Å²) < 4.78 is 0. The van der Waals surface area contributed by atoms with E-state index < -0.39 is 0 Å². The molecule has 4 rings (SSSR count). The number of para-hydroxylation sites is 1. The summed E-state index contributed by atoms with van der Waals surface area (Å²) in [5.41, 5.74) is 2.24. The van der Waals surface area contributed by atoms with Crippen molar-refractivity contribution in [1.29, 1.82) is 0 Å². The summed E-state index contributed by atoms with van der Waals surface area (Å²) in [4.78, 5) is 15.8. The van der Waals surface area contributed by atoms with Gasteiger partial charge in [-0.15, -0.1) is 0 Å². The molecule has 1 aromatic heterocycles. The molecular weight excluding hydrogens is 250 g/mol. The predicted molar refractivity (Wildman–Crippen MR) is 78.6 cm³/mol. The van der Waals surface area contributed by atoms with Gasteiger partial charge in [0.2, 0.25) is 5.91 Å². The lowest BCUT2D eigenvalue weighted by Crippen LogP contribution is -2.44. The molecule has 1 atom stereocenters. The summed E-state index contributed by atoms with van der Waals surface area (Å²) in [6.07, 6.45) is 3.96. The standard InChI is InChI=1S/C16H19N3O/c20-15-16(5-7-17-8-6-16)13(10-19-15)12-9-18-14-4-2-1-3-11(12)14/h1-4,9,13,17-18H,5-8,10H2,(H,19,20). The van der Waals surface area contributed by atoms with E-state index in [1.54, 1.807) is 0 Å². The van der Waals surface area contributed by atoms with E-state index in [-0.39, 0.29) is 17.2 Å². The Morgan fingerprint density at radius 2 is 1.95 bits per heavy atom. The normalized spacial score (nSPS) is 25.2. The number of H-pyrrole nitrogens is 1. The first-order chi connectivity index (χ1) is 9.81. The fraction of sp³-hybridized carbons (Fsp3) is 0.438. The Labute approximate surface area is 117 Å². The second kappa shape index (κ2) is 4.35. The zero-order chi connectivity index (χ0) is 13.6. The van der Waals surface area contributed by atoms with E-state index in [1.165, 1.54) is 10.9 Å². The maximum absolute atomic E-state index is 12.4. The van der Waals surface area contributed by atoms with Crippen molar-refractivity contribution in [2.24, 2.45) is 5.41 Å². The van der Waals surface area contributed by atoms with Crippen molar-refractivity contribution in [3.05, 3.63) is 36.0 Å². The van der Waals surface area contributed by atoms with Gasteiger partial charge in [0, 0.05) is 29.6 Å². The van der Waals surface area contributed by atoms with Gasteiger partial charge >= 0.3 is 0 Å². The first-order valence-corrected chi connectivity index (χ1v) is 7.36. The summed E-state index contributed by atoms with van der Waals surface area (Å²) in [6.45, 7) is 2.64. The van der Waals surface area contributed by atoms with Gasteiger partial charge in [-0.1, -0.05) is 18.2 Å². The smallest absolute Gasteiger partial charge is 0.227 e. The predicted octanol–water partition coefficient (Wildman–Crippen LogP) is 1.75. The molecule has 0 radical (unpaired) electrons. The van der Waals surface area contributed by atoms with Crippen LogP contribution < -0.4 is 10.6 Å². The Balaban J connectivity index is 1.82. The number of fused-ring (bicyclic) bond motifs is 1. The highest BCUT2D eigenvalue weighted by molar-refractivity contribution is 5.90. The van der Waals surface area contributed by atoms with Crippen LogP contribution in [-0.2, 0) is 4.79 Å². The lowest BCUT2D eigenvalue weighted by molar-refractivity contribution is -0.129. The van der Waals surface area contributed by atoms with Gasteiger partial charge < -0.3 is 15.6 Å². The summed E-state index contributed by atoms with van der Waals surface area (Å²) in [5.74, 6) is 0.530. The zero-order valence-corrected chi connectivity index (χ0v) is 11.4. The van der Waals surface area contributed by atoms with Gasteiger partial charge in [0.05, 0.1) is 5.41 Å². The fourth-order valence-electron chi connectivity index (χ4n) is 3.96. The lowest BCUT2D eigenvalue weighted by atomic mass is 9.68. The third kappa shape index (κ3) is 1.54. The molecule has 2 fully saturated rings. The first kappa shape index (κ1) is 12.0. The van der Waals surface area contributed by atoms with Gasteiger partial charge in [-0.25, -0.2) is 0 Å². The molecule has 2 aromatic rings. The average Bonchev–Trinajstić information content (AvgIpc) is 3.03. The molecule has 1 aromatic carbocycles. The second-order valence-electron chi connectivity index (χ2n) is 5.96. The minimum absolute atomic E-state index is 0.212. The Kier molecular flexibility index (Phi) is 2.60. The van der Waals surface area contributed by atoms with Crippen LogP contribution in [0.15, 0.2) is 30.5 Å². The molecule has 20 heavy (non-hydrogen) atoms. The molecule has 104 valence electrons. The largest absolute Gasteiger partial charge is 0.361 e. The van der Waals surface area contributed by atoms with Crippen LogP contribution in [0, 0.1) is 5.41 Å². The molecule has 4 heteroatoms. The van der Waals surface area contributed by atoms with Gasteiger partial charge in [-0.2, -0.15) is 0 Å². The van der Waals surface area contributed by atoms with E-state index in [2.05, 4.69) is 40.0 Å². The Bertz CT molecular complexity index is 655. The van der Waals surface area contributed by atoms with E-state index >= 15 is 0 Å². The van der Waals surface area contributed by atoms with Crippen LogP contribution in [0.1, 0.15) is 24.3 Å². The number of amides is 1. The van der Waals surface area contributed by atoms with Crippen molar-refractivity contribution in [3.63, 3.8) is 0 Å². The molecule has 4 nitrogen and oxygen atoms in total. The van der Waals surface area contributed by atoms with Crippen molar-refractivity contribution in [2.45, 2.75) is 18.8 Å². The molecule has 0 aliphatic carbocycles. The van der Waals surface area contributed by atoms with Crippen molar-refractivity contribution < 1.29 is 4.79 Å². The number of aromatic amines is 1. The molecule has 1 unspecified atom stereocenters. The van der Waals surface area contributed by atoms with Crippen LogP contribution in [0.25, 0.3) is 10.9 Å². The van der Waals surface area contributed by atoms with E-state index in [0.29, 0.717) is 0 Å². The van der Waals surface area contributed by atoms with Gasteiger partial charge in [-0.05, 0) is 37.6 Å². The van der Waals surface area contributed by atoms with Crippen LogP contribution in [0.2, 0.25) is 0 Å². The zero-order valence-electron chi connectivity index (χ0n) is 11.4. The third-order valence-corrected chi connectivity index (χ3v) is 5.08.